The van der Waals surface area contributed by atoms with Gasteiger partial charge in [-0.1, -0.05) is 447 Å². The Morgan fingerprint density at radius 2 is 0.431 bits per heavy atom. The third-order valence-corrected chi connectivity index (χ3v) is 29.8. The van der Waals surface area contributed by atoms with Crippen molar-refractivity contribution in [2.45, 2.75) is 105 Å². The van der Waals surface area contributed by atoms with Gasteiger partial charge < -0.3 is 0 Å². The van der Waals surface area contributed by atoms with Crippen LogP contribution in [0.25, 0.3) is 253 Å². The average Bonchev–Trinajstić information content (AvgIpc) is 0.722. The van der Waals surface area contributed by atoms with E-state index in [2.05, 4.69) is 488 Å². The maximum absolute atomic E-state index is 4.96. The first-order valence-corrected chi connectivity index (χ1v) is 50.5. The molecular weight excluding hydrogens is 1740 g/mol. The molecule has 0 bridgehead atoms. The number of nitrogens with zero attached hydrogens (tertiary/aromatic N) is 4. The van der Waals surface area contributed by atoms with E-state index in [0.29, 0.717) is 0 Å². The zero-order valence-electron chi connectivity index (χ0n) is 83.5. The van der Waals surface area contributed by atoms with Crippen LogP contribution < -0.4 is 0 Å². The Bertz CT molecular complexity index is 8920. The number of para-hydroxylation sites is 2. The summed E-state index contributed by atoms with van der Waals surface area (Å²) in [7, 11) is 0. The number of benzene rings is 22. The molecular formula is C140H110N4. The lowest BCUT2D eigenvalue weighted by atomic mass is 9.81. The van der Waals surface area contributed by atoms with E-state index in [0.717, 1.165) is 61.1 Å². The van der Waals surface area contributed by atoms with Crippen LogP contribution in [0.3, 0.4) is 0 Å². The largest absolute Gasteiger partial charge is 0.256 e. The molecule has 0 saturated carbocycles. The molecule has 0 aliphatic heterocycles. The van der Waals surface area contributed by atoms with Gasteiger partial charge >= 0.3 is 0 Å². The lowest BCUT2D eigenvalue weighted by Gasteiger charge is -2.23. The molecule has 0 N–H and O–H groups in total. The summed E-state index contributed by atoms with van der Waals surface area (Å²) < 4.78 is 0. The summed E-state index contributed by atoms with van der Waals surface area (Å²) >= 11 is 0. The molecule has 4 heteroatoms. The highest BCUT2D eigenvalue weighted by Crippen LogP contribution is 2.52. The Morgan fingerprint density at radius 1 is 0.153 bits per heavy atom. The second-order valence-electron chi connectivity index (χ2n) is 43.3. The van der Waals surface area contributed by atoms with Gasteiger partial charge in [-0.15, -0.1) is 0 Å². The van der Waals surface area contributed by atoms with Crippen LogP contribution in [-0.2, 0) is 21.7 Å². The molecule has 22 aromatic carbocycles. The highest BCUT2D eigenvalue weighted by atomic mass is 14.7. The van der Waals surface area contributed by atoms with Crippen molar-refractivity contribution in [3.63, 3.8) is 0 Å². The minimum atomic E-state index is 0.0723. The number of hydrogen-bond acceptors (Lipinski definition) is 4. The molecule has 0 spiro atoms. The molecule has 0 unspecified atom stereocenters. The van der Waals surface area contributed by atoms with E-state index < -0.39 is 0 Å². The molecule has 26 aromatic rings. The molecule has 4 aromatic heterocycles. The number of pyridine rings is 4. The molecule has 4 heterocycles. The summed E-state index contributed by atoms with van der Waals surface area (Å²) in [6, 6.07) is 158. The van der Waals surface area contributed by atoms with E-state index >= 15 is 0 Å². The smallest absolute Gasteiger partial charge is 0.0717 e. The quantitative estimate of drug-likeness (QED) is 0.114. The van der Waals surface area contributed by atoms with E-state index in [4.69, 9.17) is 15.0 Å². The third-order valence-electron chi connectivity index (χ3n) is 29.8. The van der Waals surface area contributed by atoms with Gasteiger partial charge in [-0.05, 0) is 302 Å². The van der Waals surface area contributed by atoms with Crippen molar-refractivity contribution >= 4 is 119 Å². The SMILES string of the molecule is CC(C)(C)c1cc2ccc3c(-c4ccc(-c5ccccc5)cc4)cc(-c4ccc(-c5ccc6ccccc6n5)cc4)c4ccc(c1)c2c34.CC(C)(C)c1cc2ccc3c(-c4ccc(-c5ccccc5)cc4)cc(-c4ccc(-c5cnc6ccccc6c5)cc4)c4ccc(c1)c2c34.CC(C)(C)c1ccc(-c2cc(-c3ccc(-c4ccc(-c5ccccn5)cn4)cc3)c3ccc4cc(C(C)(C)C)cc5ccc2c3c45)cc1. The van der Waals surface area contributed by atoms with Gasteiger partial charge in [0.05, 0.1) is 28.1 Å². The van der Waals surface area contributed by atoms with Crippen LogP contribution in [0.15, 0.2) is 449 Å². The number of rotatable bonds is 12. The van der Waals surface area contributed by atoms with Crippen LogP contribution in [0, 0.1) is 0 Å². The Morgan fingerprint density at radius 3 is 0.785 bits per heavy atom. The Labute approximate surface area is 842 Å². The van der Waals surface area contributed by atoms with Crippen LogP contribution in [0.4, 0.5) is 0 Å². The van der Waals surface area contributed by atoms with E-state index in [1.807, 2.05) is 48.9 Å². The zero-order chi connectivity index (χ0) is 98.0. The van der Waals surface area contributed by atoms with Crippen molar-refractivity contribution in [2.75, 3.05) is 0 Å². The van der Waals surface area contributed by atoms with E-state index in [9.17, 15) is 0 Å². The fourth-order valence-corrected chi connectivity index (χ4v) is 21.8. The summed E-state index contributed by atoms with van der Waals surface area (Å²) in [4.78, 5) is 18.9. The van der Waals surface area contributed by atoms with Crippen LogP contribution in [-0.4, -0.2) is 19.9 Å². The normalized spacial score (nSPS) is 12.2. The second-order valence-corrected chi connectivity index (χ2v) is 43.3. The van der Waals surface area contributed by atoms with E-state index in [1.165, 1.54) is 214 Å². The van der Waals surface area contributed by atoms with Crippen molar-refractivity contribution < 1.29 is 0 Å². The van der Waals surface area contributed by atoms with Crippen molar-refractivity contribution in [3.05, 3.63) is 472 Å². The summed E-state index contributed by atoms with van der Waals surface area (Å²) in [5.74, 6) is 0. The van der Waals surface area contributed by atoms with Gasteiger partial charge in [0.1, 0.15) is 0 Å². The van der Waals surface area contributed by atoms with E-state index in [1.54, 1.807) is 0 Å². The van der Waals surface area contributed by atoms with Crippen LogP contribution in [0.5, 0.6) is 0 Å². The van der Waals surface area contributed by atoms with Gasteiger partial charge in [0.25, 0.3) is 0 Å². The maximum Gasteiger partial charge on any atom is 0.0717 e. The summed E-state index contributed by atoms with van der Waals surface area (Å²) in [5, 5.41) is 25.9. The average molecular weight is 1850 g/mol. The molecule has 0 radical (unpaired) electrons. The predicted molar refractivity (Wildman–Crippen MR) is 617 cm³/mol. The molecule has 690 valence electrons. The standard InChI is InChI=1S/2C47H35N.C46H40N2/c1-47(2,3)39-26-36-21-23-40-42(33-17-13-31(14-18-33)30-9-5-4-6-10-30)28-43(41-24-22-37(27-39)45(36)46(40)41)34-19-15-32(16-20-34)38-25-35-11-7-8-12-44(35)48-29-38;1-47(2,3)38-27-36-21-24-39-41(32-15-13-31(14-16-32)30-9-5-4-6-10-30)29-42(40-25-22-37(28-38)45(36)46(39)40)33-17-19-35(20-18-33)44-26-23-34-11-7-8-12-43(34)48-44;1-45(2,3)35-19-14-30(15-20-35)40-27-39(29-10-12-31(13-11-29)42-23-18-34(28-48-42)41-9-7-8-24-47-41)37-21-16-32-25-36(46(4,5)6)26-33-17-22-38(40)44(37)43(32)33/h2*4-29H,1-3H3;7-28H,1-6H3. The first kappa shape index (κ1) is 89.7. The van der Waals surface area contributed by atoms with E-state index in [-0.39, 0.29) is 21.7 Å². The van der Waals surface area contributed by atoms with Gasteiger partial charge in [-0.2, -0.15) is 0 Å². The minimum absolute atomic E-state index is 0.0723. The first-order valence-electron chi connectivity index (χ1n) is 50.5. The number of hydrogen-bond donors (Lipinski definition) is 0. The van der Waals surface area contributed by atoms with Gasteiger partial charge in [0, 0.05) is 51.6 Å². The Balaban J connectivity index is 0.000000116. The van der Waals surface area contributed by atoms with Gasteiger partial charge in [-0.25, -0.2) is 4.98 Å². The van der Waals surface area contributed by atoms with Crippen molar-refractivity contribution in [3.8, 4) is 134 Å². The Kier molecular flexibility index (Phi) is 22.2. The predicted octanol–water partition coefficient (Wildman–Crippen LogP) is 38.8. The van der Waals surface area contributed by atoms with Gasteiger partial charge in [0.2, 0.25) is 0 Å². The third kappa shape index (κ3) is 16.7. The molecule has 0 aliphatic carbocycles. The highest BCUT2D eigenvalue weighted by Gasteiger charge is 2.27. The minimum Gasteiger partial charge on any atom is -0.256 e. The van der Waals surface area contributed by atoms with Crippen LogP contribution in [0.1, 0.15) is 105 Å². The fourth-order valence-electron chi connectivity index (χ4n) is 21.8. The molecule has 0 fully saturated rings. The molecule has 0 saturated heterocycles. The van der Waals surface area contributed by atoms with Crippen LogP contribution >= 0.6 is 0 Å². The maximum atomic E-state index is 4.96. The molecule has 0 atom stereocenters. The monoisotopic (exact) mass is 1850 g/mol. The summed E-state index contributed by atoms with van der Waals surface area (Å²) in [5.41, 5.74) is 35.9. The number of fused-ring (bicyclic) bond motifs is 2. The first-order chi connectivity index (χ1) is 69.8. The molecule has 0 amide bonds. The van der Waals surface area contributed by atoms with Gasteiger partial charge in [0.15, 0.2) is 0 Å². The van der Waals surface area contributed by atoms with Crippen LogP contribution in [0.2, 0.25) is 0 Å². The van der Waals surface area contributed by atoms with Crippen molar-refractivity contribution in [1.29, 1.82) is 0 Å². The molecule has 0 aliphatic rings. The summed E-state index contributed by atoms with van der Waals surface area (Å²) in [6.45, 7) is 27.5. The lowest BCUT2D eigenvalue weighted by Crippen LogP contribution is -2.10. The Hall–Kier alpha value is -16.9. The fraction of sp³-hybridized carbons (Fsp3) is 0.114. The van der Waals surface area contributed by atoms with Gasteiger partial charge in [-0.3, -0.25) is 15.0 Å². The lowest BCUT2D eigenvalue weighted by molar-refractivity contribution is 0.590. The van der Waals surface area contributed by atoms with Crippen molar-refractivity contribution in [2.24, 2.45) is 0 Å². The molecule has 144 heavy (non-hydrogen) atoms. The van der Waals surface area contributed by atoms with Crippen molar-refractivity contribution in [1.82, 2.24) is 19.9 Å². The molecule has 26 rings (SSSR count). The zero-order valence-corrected chi connectivity index (χ0v) is 83.5. The molecule has 4 nitrogen and oxygen atoms in total. The second kappa shape index (κ2) is 35.7. The highest BCUT2D eigenvalue weighted by molar-refractivity contribution is 6.31. The number of aromatic nitrogens is 4. The topological polar surface area (TPSA) is 51.6 Å². The summed E-state index contributed by atoms with van der Waals surface area (Å²) in [6.07, 6.45) is 5.71.